The smallest absolute Gasteiger partial charge is 0.146 e. The molecule has 5 heteroatoms. The van der Waals surface area contributed by atoms with Crippen molar-refractivity contribution in [3.8, 4) is 0 Å². The summed E-state index contributed by atoms with van der Waals surface area (Å²) < 4.78 is 4.02. The molecule has 0 amide bonds. The van der Waals surface area contributed by atoms with Crippen LogP contribution in [0.2, 0.25) is 0 Å². The van der Waals surface area contributed by atoms with Crippen LogP contribution in [0.25, 0.3) is 0 Å². The molecule has 0 atom stereocenters. The molecule has 18 heavy (non-hydrogen) atoms. The highest BCUT2D eigenvalue weighted by Crippen LogP contribution is 2.05. The van der Waals surface area contributed by atoms with Gasteiger partial charge in [-0.05, 0) is 24.6 Å². The average Bonchev–Trinajstić information content (AvgIpc) is 2.90. The quantitative estimate of drug-likeness (QED) is 0.839. The summed E-state index contributed by atoms with van der Waals surface area (Å²) in [4.78, 5) is 4.25. The molecule has 2 aromatic rings. The molecule has 0 aliphatic carbocycles. The average molecular weight is 247 g/mol. The van der Waals surface area contributed by atoms with Gasteiger partial charge in [-0.25, -0.2) is 4.98 Å². The molecule has 0 fully saturated rings. The fourth-order valence-corrected chi connectivity index (χ4v) is 1.87. The Hall–Kier alpha value is -1.62. The highest BCUT2D eigenvalue weighted by atomic mass is 15.3. The lowest BCUT2D eigenvalue weighted by molar-refractivity contribution is 0.535. The summed E-state index contributed by atoms with van der Waals surface area (Å²) in [5.74, 6) is 1.64. The Morgan fingerprint density at radius 1 is 1.39 bits per heavy atom. The molecule has 98 valence electrons. The van der Waals surface area contributed by atoms with Crippen molar-refractivity contribution in [3.05, 3.63) is 36.2 Å². The molecule has 0 spiro atoms. The SMILES string of the molecule is CC(C)CNCc1cccn1Cc1ncnn1C. The largest absolute Gasteiger partial charge is 0.343 e. The van der Waals surface area contributed by atoms with Gasteiger partial charge in [-0.1, -0.05) is 13.8 Å². The number of hydrogen-bond acceptors (Lipinski definition) is 3. The molecule has 2 rings (SSSR count). The van der Waals surface area contributed by atoms with Crippen LogP contribution in [-0.4, -0.2) is 25.9 Å². The molecule has 5 nitrogen and oxygen atoms in total. The Morgan fingerprint density at radius 3 is 2.89 bits per heavy atom. The van der Waals surface area contributed by atoms with E-state index in [9.17, 15) is 0 Å². The molecule has 0 aromatic carbocycles. The van der Waals surface area contributed by atoms with E-state index in [0.717, 1.165) is 25.5 Å². The van der Waals surface area contributed by atoms with Gasteiger partial charge in [-0.3, -0.25) is 4.68 Å². The zero-order valence-corrected chi connectivity index (χ0v) is 11.3. The van der Waals surface area contributed by atoms with Crippen LogP contribution in [0.3, 0.4) is 0 Å². The van der Waals surface area contributed by atoms with Crippen LogP contribution in [0.1, 0.15) is 25.4 Å². The number of hydrogen-bond donors (Lipinski definition) is 1. The molecule has 0 saturated heterocycles. The van der Waals surface area contributed by atoms with Gasteiger partial charge in [0.1, 0.15) is 12.2 Å². The van der Waals surface area contributed by atoms with E-state index < -0.39 is 0 Å². The minimum Gasteiger partial charge on any atom is -0.343 e. The second kappa shape index (κ2) is 5.82. The normalized spacial score (nSPS) is 11.3. The van der Waals surface area contributed by atoms with E-state index in [1.54, 1.807) is 6.33 Å². The lowest BCUT2D eigenvalue weighted by Crippen LogP contribution is -2.21. The minimum atomic E-state index is 0.673. The molecule has 2 aromatic heterocycles. The van der Waals surface area contributed by atoms with Crippen molar-refractivity contribution in [1.82, 2.24) is 24.6 Å². The van der Waals surface area contributed by atoms with Crippen molar-refractivity contribution in [3.63, 3.8) is 0 Å². The third-order valence-electron chi connectivity index (χ3n) is 2.90. The number of aryl methyl sites for hydroxylation is 1. The van der Waals surface area contributed by atoms with E-state index in [4.69, 9.17) is 0 Å². The zero-order chi connectivity index (χ0) is 13.0. The Balaban J connectivity index is 1.97. The standard InChI is InChI=1S/C13H21N5/c1-11(2)7-14-8-12-5-4-6-18(12)9-13-15-10-16-17(13)3/h4-6,10-11,14H,7-9H2,1-3H3. The molecule has 0 aliphatic rings. The van der Waals surface area contributed by atoms with Crippen molar-refractivity contribution in [2.75, 3.05) is 6.54 Å². The van der Waals surface area contributed by atoms with Crippen LogP contribution in [0.4, 0.5) is 0 Å². The topological polar surface area (TPSA) is 47.7 Å². The maximum atomic E-state index is 4.25. The first kappa shape index (κ1) is 12.8. The first-order valence-electron chi connectivity index (χ1n) is 6.34. The summed E-state index contributed by atoms with van der Waals surface area (Å²) in [7, 11) is 1.92. The summed E-state index contributed by atoms with van der Waals surface area (Å²) in [6.45, 7) is 7.12. The second-order valence-electron chi connectivity index (χ2n) is 4.95. The fourth-order valence-electron chi connectivity index (χ4n) is 1.87. The van der Waals surface area contributed by atoms with Crippen molar-refractivity contribution in [1.29, 1.82) is 0 Å². The Bertz CT molecular complexity index is 483. The number of rotatable bonds is 6. The van der Waals surface area contributed by atoms with E-state index in [2.05, 4.69) is 52.1 Å². The van der Waals surface area contributed by atoms with Gasteiger partial charge < -0.3 is 9.88 Å². The molecule has 1 N–H and O–H groups in total. The number of nitrogens with zero attached hydrogens (tertiary/aromatic N) is 4. The van der Waals surface area contributed by atoms with E-state index in [0.29, 0.717) is 5.92 Å². The fraction of sp³-hybridized carbons (Fsp3) is 0.538. The van der Waals surface area contributed by atoms with E-state index >= 15 is 0 Å². The summed E-state index contributed by atoms with van der Waals surface area (Å²) in [5.41, 5.74) is 1.28. The summed E-state index contributed by atoms with van der Waals surface area (Å²) in [5, 5.41) is 7.55. The molecular weight excluding hydrogens is 226 g/mol. The predicted octanol–water partition coefficient (Wildman–Crippen LogP) is 1.41. The van der Waals surface area contributed by atoms with Crippen LogP contribution in [0.5, 0.6) is 0 Å². The Morgan fingerprint density at radius 2 is 2.22 bits per heavy atom. The lowest BCUT2D eigenvalue weighted by atomic mass is 10.2. The van der Waals surface area contributed by atoms with Crippen LogP contribution >= 0.6 is 0 Å². The highest BCUT2D eigenvalue weighted by Gasteiger charge is 2.05. The van der Waals surface area contributed by atoms with Crippen LogP contribution in [-0.2, 0) is 20.1 Å². The van der Waals surface area contributed by atoms with Gasteiger partial charge in [-0.2, -0.15) is 5.10 Å². The summed E-state index contributed by atoms with van der Waals surface area (Å²) in [6, 6.07) is 4.21. The molecule has 0 saturated carbocycles. The summed E-state index contributed by atoms with van der Waals surface area (Å²) in [6.07, 6.45) is 3.68. The van der Waals surface area contributed by atoms with Gasteiger partial charge in [0.25, 0.3) is 0 Å². The van der Waals surface area contributed by atoms with Gasteiger partial charge in [0.05, 0.1) is 6.54 Å². The van der Waals surface area contributed by atoms with Gasteiger partial charge in [0.15, 0.2) is 0 Å². The third kappa shape index (κ3) is 3.20. The van der Waals surface area contributed by atoms with Crippen molar-refractivity contribution >= 4 is 0 Å². The molecular formula is C13H21N5. The highest BCUT2D eigenvalue weighted by molar-refractivity contribution is 5.08. The van der Waals surface area contributed by atoms with E-state index in [1.807, 2.05) is 11.7 Å². The minimum absolute atomic E-state index is 0.673. The van der Waals surface area contributed by atoms with Gasteiger partial charge in [0, 0.05) is 25.5 Å². The number of aromatic nitrogens is 4. The van der Waals surface area contributed by atoms with Crippen molar-refractivity contribution in [2.45, 2.75) is 26.9 Å². The predicted molar refractivity (Wildman–Crippen MR) is 71.1 cm³/mol. The van der Waals surface area contributed by atoms with Crippen LogP contribution < -0.4 is 5.32 Å². The molecule has 0 aliphatic heterocycles. The van der Waals surface area contributed by atoms with Crippen LogP contribution in [0, 0.1) is 5.92 Å². The molecule has 2 heterocycles. The van der Waals surface area contributed by atoms with Gasteiger partial charge in [0.2, 0.25) is 0 Å². The monoisotopic (exact) mass is 247 g/mol. The van der Waals surface area contributed by atoms with E-state index in [1.165, 1.54) is 5.69 Å². The Labute approximate surface area is 108 Å². The molecule has 0 radical (unpaired) electrons. The first-order valence-corrected chi connectivity index (χ1v) is 6.34. The summed E-state index contributed by atoms with van der Waals surface area (Å²) >= 11 is 0. The third-order valence-corrected chi connectivity index (χ3v) is 2.90. The van der Waals surface area contributed by atoms with Gasteiger partial charge in [-0.15, -0.1) is 0 Å². The maximum absolute atomic E-state index is 4.25. The first-order chi connectivity index (χ1) is 8.66. The zero-order valence-electron chi connectivity index (χ0n) is 11.3. The van der Waals surface area contributed by atoms with Gasteiger partial charge >= 0.3 is 0 Å². The lowest BCUT2D eigenvalue weighted by Gasteiger charge is -2.11. The molecule has 0 unspecified atom stereocenters. The number of nitrogens with one attached hydrogen (secondary N) is 1. The van der Waals surface area contributed by atoms with E-state index in [-0.39, 0.29) is 0 Å². The second-order valence-corrected chi connectivity index (χ2v) is 4.95. The van der Waals surface area contributed by atoms with Crippen molar-refractivity contribution in [2.24, 2.45) is 13.0 Å². The van der Waals surface area contributed by atoms with Crippen LogP contribution in [0.15, 0.2) is 24.7 Å². The Kier molecular flexibility index (Phi) is 4.15. The molecule has 0 bridgehead atoms. The van der Waals surface area contributed by atoms with Crippen molar-refractivity contribution < 1.29 is 0 Å². The maximum Gasteiger partial charge on any atom is 0.146 e.